The Bertz CT molecular complexity index is 293. The Morgan fingerprint density at radius 1 is 1.54 bits per heavy atom. The molecule has 0 bridgehead atoms. The molecule has 0 saturated heterocycles. The van der Waals surface area contributed by atoms with Gasteiger partial charge in [0.25, 0.3) is 0 Å². The third-order valence-corrected chi connectivity index (χ3v) is 1.94. The van der Waals surface area contributed by atoms with Gasteiger partial charge in [0.15, 0.2) is 0 Å². The maximum Gasteiger partial charge on any atom is 0.142 e. The quantitative estimate of drug-likeness (QED) is 0.716. The zero-order chi connectivity index (χ0) is 8.39. The third-order valence-electron chi connectivity index (χ3n) is 1.94. The Morgan fingerprint density at radius 2 is 2.38 bits per heavy atom. The van der Waals surface area contributed by atoms with Gasteiger partial charge < -0.3 is 10.5 Å². The molecule has 0 radical (unpaired) electrons. The zero-order valence-corrected chi connectivity index (χ0v) is 8.01. The molecule has 1 aliphatic heterocycles. The van der Waals surface area contributed by atoms with E-state index >= 15 is 0 Å². The van der Waals surface area contributed by atoms with E-state index in [4.69, 9.17) is 10.5 Å². The number of hydrogen-bond donors (Lipinski definition) is 1. The highest BCUT2D eigenvalue weighted by Crippen LogP contribution is 2.12. The summed E-state index contributed by atoms with van der Waals surface area (Å²) in [6.45, 7) is 1.77. The molecule has 1 aromatic heterocycles. The first-order valence-electron chi connectivity index (χ1n) is 4.01. The summed E-state index contributed by atoms with van der Waals surface area (Å²) < 4.78 is 5.26. The highest BCUT2D eigenvalue weighted by atomic mass is 35.5. The molecule has 1 aliphatic rings. The van der Waals surface area contributed by atoms with Crippen LogP contribution in [-0.4, -0.2) is 16.6 Å². The van der Waals surface area contributed by atoms with Gasteiger partial charge in [-0.2, -0.15) is 0 Å². The minimum Gasteiger partial charge on any atom is -0.375 e. The topological polar surface area (TPSA) is 61.0 Å². The summed E-state index contributed by atoms with van der Waals surface area (Å²) in [6, 6.07) is 0. The molecule has 0 aliphatic carbocycles. The van der Waals surface area contributed by atoms with Gasteiger partial charge in [-0.25, -0.2) is 9.97 Å². The second kappa shape index (κ2) is 4.50. The molecule has 2 rings (SSSR count). The molecular formula is C8H12ClN3O. The number of nitrogens with two attached hydrogens (primary N) is 1. The van der Waals surface area contributed by atoms with Crippen LogP contribution < -0.4 is 5.73 Å². The van der Waals surface area contributed by atoms with Crippen molar-refractivity contribution < 1.29 is 4.74 Å². The van der Waals surface area contributed by atoms with Crippen LogP contribution in [-0.2, 0) is 24.3 Å². The molecule has 0 fully saturated rings. The number of halogens is 1. The van der Waals surface area contributed by atoms with Crippen LogP contribution in [0.5, 0.6) is 0 Å². The summed E-state index contributed by atoms with van der Waals surface area (Å²) in [7, 11) is 0. The summed E-state index contributed by atoms with van der Waals surface area (Å²) >= 11 is 0. The number of rotatable bonds is 1. The fourth-order valence-corrected chi connectivity index (χ4v) is 1.27. The van der Waals surface area contributed by atoms with Gasteiger partial charge in [-0.05, 0) is 12.0 Å². The van der Waals surface area contributed by atoms with Crippen LogP contribution in [0.25, 0.3) is 0 Å². The molecule has 0 amide bonds. The van der Waals surface area contributed by atoms with Crippen molar-refractivity contribution >= 4 is 12.4 Å². The van der Waals surface area contributed by atoms with Crippen LogP contribution >= 0.6 is 12.4 Å². The van der Waals surface area contributed by atoms with E-state index in [1.165, 1.54) is 5.56 Å². The zero-order valence-electron chi connectivity index (χ0n) is 7.19. The molecule has 0 unspecified atom stereocenters. The Kier molecular flexibility index (Phi) is 3.59. The van der Waals surface area contributed by atoms with Crippen molar-refractivity contribution in [1.29, 1.82) is 0 Å². The van der Waals surface area contributed by atoms with E-state index in [2.05, 4.69) is 9.97 Å². The van der Waals surface area contributed by atoms with E-state index in [1.54, 1.807) is 0 Å². The Balaban J connectivity index is 0.000000845. The van der Waals surface area contributed by atoms with Gasteiger partial charge in [0.2, 0.25) is 0 Å². The smallest absolute Gasteiger partial charge is 0.142 e. The molecule has 1 aromatic rings. The average Bonchev–Trinajstić information content (AvgIpc) is 2.17. The maximum absolute atomic E-state index is 5.42. The number of aromatic nitrogens is 2. The highest BCUT2D eigenvalue weighted by molar-refractivity contribution is 5.85. The van der Waals surface area contributed by atoms with E-state index < -0.39 is 0 Å². The maximum atomic E-state index is 5.42. The lowest BCUT2D eigenvalue weighted by Gasteiger charge is -2.14. The van der Waals surface area contributed by atoms with Crippen molar-refractivity contribution in [2.45, 2.75) is 19.6 Å². The molecule has 0 aromatic carbocycles. The molecule has 0 saturated carbocycles. The monoisotopic (exact) mass is 201 g/mol. The first kappa shape index (κ1) is 10.4. The van der Waals surface area contributed by atoms with E-state index in [0.29, 0.717) is 19.0 Å². The van der Waals surface area contributed by atoms with Gasteiger partial charge in [-0.15, -0.1) is 12.4 Å². The molecule has 2 N–H and O–H groups in total. The van der Waals surface area contributed by atoms with Crippen LogP contribution in [0.15, 0.2) is 6.20 Å². The predicted molar refractivity (Wildman–Crippen MR) is 50.5 cm³/mol. The van der Waals surface area contributed by atoms with Crippen molar-refractivity contribution in [2.24, 2.45) is 5.73 Å². The van der Waals surface area contributed by atoms with Gasteiger partial charge in [0, 0.05) is 6.20 Å². The lowest BCUT2D eigenvalue weighted by Crippen LogP contribution is -2.15. The molecule has 0 atom stereocenters. The number of nitrogens with zero attached hydrogens (tertiary/aromatic N) is 2. The minimum absolute atomic E-state index is 0. The first-order valence-corrected chi connectivity index (χ1v) is 4.01. The molecule has 5 heteroatoms. The summed E-state index contributed by atoms with van der Waals surface area (Å²) in [6.07, 6.45) is 2.77. The Morgan fingerprint density at radius 3 is 3.15 bits per heavy atom. The van der Waals surface area contributed by atoms with Crippen LogP contribution in [0.4, 0.5) is 0 Å². The van der Waals surface area contributed by atoms with Gasteiger partial charge in [0.1, 0.15) is 5.82 Å². The third kappa shape index (κ3) is 2.15. The minimum atomic E-state index is 0. The lowest BCUT2D eigenvalue weighted by atomic mass is 10.1. The number of hydrogen-bond acceptors (Lipinski definition) is 4. The molecule has 72 valence electrons. The average molecular weight is 202 g/mol. The van der Waals surface area contributed by atoms with E-state index in [9.17, 15) is 0 Å². The van der Waals surface area contributed by atoms with Crippen LogP contribution in [0.1, 0.15) is 17.1 Å². The van der Waals surface area contributed by atoms with E-state index in [0.717, 1.165) is 18.7 Å². The number of ether oxygens (including phenoxy) is 1. The SMILES string of the molecule is Cl.NCc1ncc2c(n1)COCC2. The molecule has 4 nitrogen and oxygen atoms in total. The van der Waals surface area contributed by atoms with E-state index in [1.807, 2.05) is 6.20 Å². The predicted octanol–water partition coefficient (Wildman–Crippen LogP) is 0.430. The van der Waals surface area contributed by atoms with Crippen molar-refractivity contribution in [3.05, 3.63) is 23.3 Å². The van der Waals surface area contributed by atoms with Crippen molar-refractivity contribution in [1.82, 2.24) is 9.97 Å². The van der Waals surface area contributed by atoms with Crippen molar-refractivity contribution in [3.8, 4) is 0 Å². The largest absolute Gasteiger partial charge is 0.375 e. The van der Waals surface area contributed by atoms with Crippen molar-refractivity contribution in [3.63, 3.8) is 0 Å². The Labute approximate surface area is 82.9 Å². The van der Waals surface area contributed by atoms with Gasteiger partial charge in [-0.1, -0.05) is 0 Å². The summed E-state index contributed by atoms with van der Waals surface area (Å²) in [5, 5.41) is 0. The molecule has 2 heterocycles. The van der Waals surface area contributed by atoms with Gasteiger partial charge in [-0.3, -0.25) is 0 Å². The first-order chi connectivity index (χ1) is 5.90. The second-order valence-corrected chi connectivity index (χ2v) is 2.76. The van der Waals surface area contributed by atoms with Gasteiger partial charge in [0.05, 0.1) is 25.5 Å². The molecule has 13 heavy (non-hydrogen) atoms. The summed E-state index contributed by atoms with van der Waals surface area (Å²) in [4.78, 5) is 8.39. The normalized spacial score (nSPS) is 14.5. The summed E-state index contributed by atoms with van der Waals surface area (Å²) in [5.74, 6) is 0.694. The van der Waals surface area contributed by atoms with E-state index in [-0.39, 0.29) is 12.4 Å². The van der Waals surface area contributed by atoms with Crippen LogP contribution in [0.3, 0.4) is 0 Å². The fraction of sp³-hybridized carbons (Fsp3) is 0.500. The fourth-order valence-electron chi connectivity index (χ4n) is 1.27. The van der Waals surface area contributed by atoms with Gasteiger partial charge >= 0.3 is 0 Å². The van der Waals surface area contributed by atoms with Crippen LogP contribution in [0.2, 0.25) is 0 Å². The summed E-state index contributed by atoms with van der Waals surface area (Å²) in [5.41, 5.74) is 7.61. The van der Waals surface area contributed by atoms with Crippen molar-refractivity contribution in [2.75, 3.05) is 6.61 Å². The second-order valence-electron chi connectivity index (χ2n) is 2.76. The van der Waals surface area contributed by atoms with Crippen LogP contribution in [0, 0.1) is 0 Å². The molecule has 0 spiro atoms. The standard InChI is InChI=1S/C8H11N3O.ClH/c9-3-8-10-4-6-1-2-12-5-7(6)11-8;/h4H,1-3,5,9H2;1H. The number of fused-ring (bicyclic) bond motifs is 1. The lowest BCUT2D eigenvalue weighted by molar-refractivity contribution is 0.107. The highest BCUT2D eigenvalue weighted by Gasteiger charge is 2.11. The Hall–Kier alpha value is -0.710. The molecular weight excluding hydrogens is 190 g/mol.